The number of ether oxygens (including phenoxy) is 1. The van der Waals surface area contributed by atoms with Crippen LogP contribution in [0.5, 0.6) is 5.75 Å². The number of carbonyl (C=O) groups excluding carboxylic acids is 1. The van der Waals surface area contributed by atoms with Crippen molar-refractivity contribution in [3.05, 3.63) is 29.6 Å². The van der Waals surface area contributed by atoms with Gasteiger partial charge in [0, 0.05) is 0 Å². The molecule has 0 aliphatic heterocycles. The lowest BCUT2D eigenvalue weighted by molar-refractivity contribution is 0.0843. The van der Waals surface area contributed by atoms with Crippen molar-refractivity contribution in [2.24, 2.45) is 5.73 Å². The van der Waals surface area contributed by atoms with E-state index in [1.54, 1.807) is 6.07 Å². The molecule has 1 aromatic rings. The van der Waals surface area contributed by atoms with Crippen LogP contribution >= 0.6 is 0 Å². The fourth-order valence-electron chi connectivity index (χ4n) is 2.52. The molecule has 2 rings (SSSR count). The van der Waals surface area contributed by atoms with Gasteiger partial charge in [0.1, 0.15) is 0 Å². The van der Waals surface area contributed by atoms with E-state index >= 15 is 0 Å². The molecule has 0 aromatic heterocycles. The SMILES string of the molecule is COc1cccc(C(=O)C2(N)CCCCC2)c1F. The number of hydrogen-bond donors (Lipinski definition) is 1. The highest BCUT2D eigenvalue weighted by atomic mass is 19.1. The van der Waals surface area contributed by atoms with Gasteiger partial charge in [-0.05, 0) is 25.0 Å². The fraction of sp³-hybridized carbons (Fsp3) is 0.500. The maximum absolute atomic E-state index is 14.0. The molecule has 2 N–H and O–H groups in total. The lowest BCUT2D eigenvalue weighted by Gasteiger charge is -2.32. The van der Waals surface area contributed by atoms with E-state index in [0.29, 0.717) is 12.8 Å². The Kier molecular flexibility index (Phi) is 3.66. The van der Waals surface area contributed by atoms with Gasteiger partial charge in [-0.25, -0.2) is 4.39 Å². The van der Waals surface area contributed by atoms with Gasteiger partial charge in [-0.2, -0.15) is 0 Å². The van der Waals surface area contributed by atoms with E-state index < -0.39 is 11.4 Å². The Balaban J connectivity index is 2.33. The molecule has 0 saturated heterocycles. The number of nitrogens with two attached hydrogens (primary N) is 1. The van der Waals surface area contributed by atoms with E-state index in [1.807, 2.05) is 0 Å². The normalized spacial score (nSPS) is 18.4. The number of hydrogen-bond acceptors (Lipinski definition) is 3. The van der Waals surface area contributed by atoms with E-state index in [0.717, 1.165) is 19.3 Å². The van der Waals surface area contributed by atoms with Crippen LogP contribution in [0.15, 0.2) is 18.2 Å². The number of halogens is 1. The molecule has 1 aliphatic rings. The zero-order valence-electron chi connectivity index (χ0n) is 10.5. The van der Waals surface area contributed by atoms with Gasteiger partial charge in [-0.15, -0.1) is 0 Å². The van der Waals surface area contributed by atoms with Crippen molar-refractivity contribution in [3.8, 4) is 5.75 Å². The summed E-state index contributed by atoms with van der Waals surface area (Å²) in [6, 6.07) is 4.58. The summed E-state index contributed by atoms with van der Waals surface area (Å²) in [6.07, 6.45) is 4.19. The molecule has 0 atom stereocenters. The van der Waals surface area contributed by atoms with Crippen LogP contribution in [0.1, 0.15) is 42.5 Å². The number of Topliss-reactive ketones (excluding diaryl/α,β-unsaturated/α-hetero) is 1. The Labute approximate surface area is 106 Å². The molecule has 0 radical (unpaired) electrons. The van der Waals surface area contributed by atoms with Gasteiger partial charge in [-0.3, -0.25) is 4.79 Å². The quantitative estimate of drug-likeness (QED) is 0.840. The third-order valence-electron chi connectivity index (χ3n) is 3.63. The lowest BCUT2D eigenvalue weighted by Crippen LogP contribution is -2.49. The molecule has 3 nitrogen and oxygen atoms in total. The Bertz CT molecular complexity index is 453. The summed E-state index contributed by atoms with van der Waals surface area (Å²) in [4.78, 5) is 12.4. The summed E-state index contributed by atoms with van der Waals surface area (Å²) in [5.74, 6) is -0.834. The number of rotatable bonds is 3. The van der Waals surface area contributed by atoms with E-state index in [4.69, 9.17) is 10.5 Å². The Morgan fingerprint density at radius 3 is 2.61 bits per heavy atom. The van der Waals surface area contributed by atoms with Crippen molar-refractivity contribution in [1.82, 2.24) is 0 Å². The third kappa shape index (κ3) is 2.25. The zero-order valence-corrected chi connectivity index (χ0v) is 10.5. The second-order valence-corrected chi connectivity index (χ2v) is 4.87. The topological polar surface area (TPSA) is 52.3 Å². The van der Waals surface area contributed by atoms with Crippen molar-refractivity contribution in [1.29, 1.82) is 0 Å². The predicted molar refractivity (Wildman–Crippen MR) is 67.3 cm³/mol. The van der Waals surface area contributed by atoms with Crippen molar-refractivity contribution in [2.45, 2.75) is 37.6 Å². The highest BCUT2D eigenvalue weighted by Crippen LogP contribution is 2.31. The molecule has 1 aromatic carbocycles. The smallest absolute Gasteiger partial charge is 0.185 e. The highest BCUT2D eigenvalue weighted by molar-refractivity contribution is 6.03. The molecule has 18 heavy (non-hydrogen) atoms. The van der Waals surface area contributed by atoms with Crippen molar-refractivity contribution >= 4 is 5.78 Å². The highest BCUT2D eigenvalue weighted by Gasteiger charge is 2.37. The minimum Gasteiger partial charge on any atom is -0.494 e. The fourth-order valence-corrected chi connectivity index (χ4v) is 2.52. The van der Waals surface area contributed by atoms with Crippen LogP contribution in [0.2, 0.25) is 0 Å². The molecule has 0 bridgehead atoms. The Morgan fingerprint density at radius 2 is 2.00 bits per heavy atom. The molecule has 0 heterocycles. The molecule has 0 unspecified atom stereocenters. The Morgan fingerprint density at radius 1 is 1.33 bits per heavy atom. The minimum absolute atomic E-state index is 0.0405. The van der Waals surface area contributed by atoms with Crippen LogP contribution in [0.3, 0.4) is 0 Å². The monoisotopic (exact) mass is 251 g/mol. The molecular weight excluding hydrogens is 233 g/mol. The first-order valence-electron chi connectivity index (χ1n) is 6.25. The molecule has 0 spiro atoms. The standard InChI is InChI=1S/C14H18FNO2/c1-18-11-7-5-6-10(12(11)15)13(17)14(16)8-3-2-4-9-14/h5-7H,2-4,8-9,16H2,1H3. The summed E-state index contributed by atoms with van der Waals surface area (Å²) in [5.41, 5.74) is 5.27. The molecule has 98 valence electrons. The van der Waals surface area contributed by atoms with Crippen molar-refractivity contribution in [3.63, 3.8) is 0 Å². The molecule has 1 aliphatic carbocycles. The third-order valence-corrected chi connectivity index (χ3v) is 3.63. The van der Waals surface area contributed by atoms with E-state index in [9.17, 15) is 9.18 Å². The van der Waals surface area contributed by atoms with Gasteiger partial charge in [0.25, 0.3) is 0 Å². The first kappa shape index (κ1) is 13.0. The first-order chi connectivity index (χ1) is 8.58. The van der Waals surface area contributed by atoms with Crippen LogP contribution < -0.4 is 10.5 Å². The zero-order chi connectivity index (χ0) is 13.2. The van der Waals surface area contributed by atoms with E-state index in [1.165, 1.54) is 19.2 Å². The summed E-state index contributed by atoms with van der Waals surface area (Å²) in [5, 5.41) is 0. The molecule has 4 heteroatoms. The predicted octanol–water partition coefficient (Wildman–Crippen LogP) is 2.68. The second-order valence-electron chi connectivity index (χ2n) is 4.87. The summed E-state index contributed by atoms with van der Waals surface area (Å²) in [7, 11) is 1.38. The average molecular weight is 251 g/mol. The van der Waals surface area contributed by atoms with Gasteiger partial charge in [0.15, 0.2) is 17.3 Å². The largest absolute Gasteiger partial charge is 0.494 e. The van der Waals surface area contributed by atoms with E-state index in [2.05, 4.69) is 0 Å². The van der Waals surface area contributed by atoms with E-state index in [-0.39, 0.29) is 17.1 Å². The van der Waals surface area contributed by atoms with Crippen LogP contribution in [-0.2, 0) is 0 Å². The molecule has 0 amide bonds. The molecule has 1 saturated carbocycles. The van der Waals surface area contributed by atoms with Crippen LogP contribution in [0.4, 0.5) is 4.39 Å². The lowest BCUT2D eigenvalue weighted by atomic mass is 9.77. The summed E-state index contributed by atoms with van der Waals surface area (Å²) < 4.78 is 18.9. The average Bonchev–Trinajstić information content (AvgIpc) is 2.39. The molecular formula is C14H18FNO2. The maximum atomic E-state index is 14.0. The van der Waals surface area contributed by atoms with Gasteiger partial charge in [0.05, 0.1) is 18.2 Å². The van der Waals surface area contributed by atoms with Crippen molar-refractivity contribution in [2.75, 3.05) is 7.11 Å². The number of carbonyl (C=O) groups is 1. The number of methoxy groups -OCH3 is 1. The Hall–Kier alpha value is -1.42. The second kappa shape index (κ2) is 5.06. The van der Waals surface area contributed by atoms with Gasteiger partial charge in [0.2, 0.25) is 0 Å². The van der Waals surface area contributed by atoms with Crippen molar-refractivity contribution < 1.29 is 13.9 Å². The summed E-state index contributed by atoms with van der Waals surface area (Å²) in [6.45, 7) is 0. The number of benzene rings is 1. The van der Waals surface area contributed by atoms with Gasteiger partial charge >= 0.3 is 0 Å². The van der Waals surface area contributed by atoms with Gasteiger partial charge < -0.3 is 10.5 Å². The number of ketones is 1. The van der Waals surface area contributed by atoms with Crippen LogP contribution in [0, 0.1) is 5.82 Å². The maximum Gasteiger partial charge on any atom is 0.185 e. The molecule has 1 fully saturated rings. The summed E-state index contributed by atoms with van der Waals surface area (Å²) >= 11 is 0. The van der Waals surface area contributed by atoms with Crippen LogP contribution in [0.25, 0.3) is 0 Å². The minimum atomic E-state index is -0.911. The van der Waals surface area contributed by atoms with Gasteiger partial charge in [-0.1, -0.05) is 25.3 Å². The first-order valence-corrected chi connectivity index (χ1v) is 6.25. The van der Waals surface area contributed by atoms with Crippen LogP contribution in [-0.4, -0.2) is 18.4 Å².